The zero-order valence-corrected chi connectivity index (χ0v) is 20.4. The summed E-state index contributed by atoms with van der Waals surface area (Å²) in [4.78, 5) is 41.7. The summed E-state index contributed by atoms with van der Waals surface area (Å²) in [5.41, 5.74) is 5.31. The van der Waals surface area contributed by atoms with E-state index in [2.05, 4.69) is 5.32 Å². The maximum Gasteiger partial charge on any atom is 0.269 e. The van der Waals surface area contributed by atoms with Crippen LogP contribution in [0.25, 0.3) is 0 Å². The van der Waals surface area contributed by atoms with Crippen LogP contribution in [0.5, 0.6) is 0 Å². The average molecular weight is 490 g/mol. The van der Waals surface area contributed by atoms with Gasteiger partial charge in [0.2, 0.25) is 16.7 Å². The van der Waals surface area contributed by atoms with Crippen molar-refractivity contribution in [2.75, 3.05) is 27.4 Å². The van der Waals surface area contributed by atoms with Gasteiger partial charge in [0.05, 0.1) is 11.4 Å². The molecule has 1 N–H and O–H groups in total. The van der Waals surface area contributed by atoms with Crippen molar-refractivity contribution in [3.05, 3.63) is 88.7 Å². The Labute approximate surface area is 207 Å². The highest BCUT2D eigenvalue weighted by Gasteiger charge is 2.61. The lowest BCUT2D eigenvalue weighted by Gasteiger charge is -2.33. The Balaban J connectivity index is 1.53. The Morgan fingerprint density at radius 2 is 1.69 bits per heavy atom. The van der Waals surface area contributed by atoms with Crippen LogP contribution >= 0.6 is 11.8 Å². The molecule has 2 aliphatic heterocycles. The lowest BCUT2D eigenvalue weighted by atomic mass is 10.0. The third-order valence-electron chi connectivity index (χ3n) is 6.35. The number of hydrogen-bond donors (Lipinski definition) is 1. The zero-order valence-electron chi connectivity index (χ0n) is 19.6. The van der Waals surface area contributed by atoms with E-state index in [1.807, 2.05) is 57.2 Å². The highest BCUT2D eigenvalue weighted by Crippen LogP contribution is 2.55. The van der Waals surface area contributed by atoms with Crippen LogP contribution in [0.3, 0.4) is 0 Å². The maximum atomic E-state index is 14.1. The molecule has 35 heavy (non-hydrogen) atoms. The van der Waals surface area contributed by atoms with Gasteiger partial charge >= 0.3 is 0 Å². The van der Waals surface area contributed by atoms with Gasteiger partial charge < -0.3 is 5.32 Å². The number of carbonyl (C=O) groups is 3. The van der Waals surface area contributed by atoms with Crippen LogP contribution in [0, 0.1) is 26.6 Å². The van der Waals surface area contributed by atoms with Gasteiger partial charge in [-0.15, -0.1) is 11.8 Å². The van der Waals surface area contributed by atoms with Crippen molar-refractivity contribution >= 4 is 46.5 Å². The number of aryl methyl sites for hydroxylation is 3. The Morgan fingerprint density at radius 3 is 2.40 bits per heavy atom. The molecule has 0 aromatic heterocycles. The van der Waals surface area contributed by atoms with Gasteiger partial charge in [0, 0.05) is 16.9 Å². The number of fused-ring (bicyclic) bond motifs is 2. The molecule has 3 aromatic carbocycles. The normalized spacial score (nSPS) is 19.0. The van der Waals surface area contributed by atoms with Gasteiger partial charge in [-0.25, -0.2) is 4.39 Å². The second kappa shape index (κ2) is 8.53. The molecule has 1 fully saturated rings. The number of nitrogens with zero attached hydrogens (tertiary/aromatic N) is 2. The van der Waals surface area contributed by atoms with Crippen molar-refractivity contribution in [3.63, 3.8) is 0 Å². The number of benzene rings is 3. The van der Waals surface area contributed by atoms with E-state index >= 15 is 0 Å². The van der Waals surface area contributed by atoms with Crippen molar-refractivity contribution in [3.8, 4) is 0 Å². The molecule has 0 aliphatic carbocycles. The number of thioether (sulfide) groups is 1. The van der Waals surface area contributed by atoms with Crippen LogP contribution in [-0.2, 0) is 19.3 Å². The first-order chi connectivity index (χ1) is 16.7. The molecular formula is C27H24FN3O3S. The van der Waals surface area contributed by atoms with E-state index < -0.39 is 10.7 Å². The predicted molar refractivity (Wildman–Crippen MR) is 136 cm³/mol. The quantitative estimate of drug-likeness (QED) is 0.578. The molecule has 2 heterocycles. The summed E-state index contributed by atoms with van der Waals surface area (Å²) in [5, 5.41) is 2.90. The SMILES string of the molecule is Cc1ccc(NC(=O)CN2C(=O)C3(SCC(=O)N3c3ccc(F)cc3)c3cc(C)ccc32)c(C)c1. The van der Waals surface area contributed by atoms with Gasteiger partial charge in [-0.2, -0.15) is 0 Å². The first-order valence-electron chi connectivity index (χ1n) is 11.2. The van der Waals surface area contributed by atoms with Crippen LogP contribution < -0.4 is 15.1 Å². The number of amides is 3. The summed E-state index contributed by atoms with van der Waals surface area (Å²) in [6.45, 7) is 5.61. The van der Waals surface area contributed by atoms with E-state index in [4.69, 9.17) is 0 Å². The van der Waals surface area contributed by atoms with E-state index in [9.17, 15) is 18.8 Å². The lowest BCUT2D eigenvalue weighted by Crippen LogP contribution is -2.50. The fourth-order valence-corrected chi connectivity index (χ4v) is 6.10. The molecule has 3 aromatic rings. The topological polar surface area (TPSA) is 69.7 Å². The van der Waals surface area contributed by atoms with Crippen molar-refractivity contribution in [2.45, 2.75) is 25.6 Å². The van der Waals surface area contributed by atoms with Crippen molar-refractivity contribution in [1.29, 1.82) is 0 Å². The van der Waals surface area contributed by atoms with E-state index in [1.165, 1.54) is 45.8 Å². The van der Waals surface area contributed by atoms with Crippen LogP contribution in [0.4, 0.5) is 21.5 Å². The van der Waals surface area contributed by atoms with Crippen LogP contribution in [-0.4, -0.2) is 30.0 Å². The fourth-order valence-electron chi connectivity index (χ4n) is 4.75. The number of rotatable bonds is 4. The molecule has 3 amide bonds. The van der Waals surface area contributed by atoms with E-state index in [0.717, 1.165) is 16.7 Å². The molecule has 0 bridgehead atoms. The summed E-state index contributed by atoms with van der Waals surface area (Å²) in [6, 6.07) is 16.8. The first kappa shape index (κ1) is 23.1. The largest absolute Gasteiger partial charge is 0.324 e. The van der Waals surface area contributed by atoms with Crippen LogP contribution in [0.15, 0.2) is 60.7 Å². The standard InChI is InChI=1S/C27H24FN3O3S/c1-16-4-10-22(18(3)12-16)29-24(32)14-30-23-11-5-17(2)13-21(23)27(26(30)34)31(25(33)15-35-27)20-8-6-19(28)7-9-20/h4-13H,14-15H2,1-3H3,(H,29,32). The minimum absolute atomic E-state index is 0.0963. The summed E-state index contributed by atoms with van der Waals surface area (Å²) >= 11 is 1.23. The van der Waals surface area contributed by atoms with Gasteiger partial charge in [0.25, 0.3) is 5.91 Å². The van der Waals surface area contributed by atoms with Crippen LogP contribution in [0.2, 0.25) is 0 Å². The molecule has 1 spiro atoms. The molecule has 8 heteroatoms. The predicted octanol–water partition coefficient (Wildman–Crippen LogP) is 4.67. The van der Waals surface area contributed by atoms with Crippen molar-refractivity contribution in [2.24, 2.45) is 0 Å². The maximum absolute atomic E-state index is 14.1. The lowest BCUT2D eigenvalue weighted by molar-refractivity contribution is -0.124. The second-order valence-electron chi connectivity index (χ2n) is 8.92. The summed E-state index contributed by atoms with van der Waals surface area (Å²) in [5.74, 6) is -1.28. The summed E-state index contributed by atoms with van der Waals surface area (Å²) < 4.78 is 13.6. The molecule has 2 aliphatic rings. The number of hydrogen-bond acceptors (Lipinski definition) is 4. The Bertz CT molecular complexity index is 1370. The first-order valence-corrected chi connectivity index (χ1v) is 12.2. The minimum Gasteiger partial charge on any atom is -0.324 e. The van der Waals surface area contributed by atoms with Crippen molar-refractivity contribution < 1.29 is 18.8 Å². The molecule has 0 radical (unpaired) electrons. The second-order valence-corrected chi connectivity index (χ2v) is 10.1. The highest BCUT2D eigenvalue weighted by molar-refractivity contribution is 8.02. The molecule has 1 saturated heterocycles. The molecule has 5 rings (SSSR count). The molecule has 1 atom stereocenters. The Morgan fingerprint density at radius 1 is 1.00 bits per heavy atom. The molecule has 1 unspecified atom stereocenters. The third-order valence-corrected chi connectivity index (χ3v) is 7.74. The highest BCUT2D eigenvalue weighted by atomic mass is 32.2. The molecule has 6 nitrogen and oxygen atoms in total. The van der Waals surface area contributed by atoms with E-state index in [0.29, 0.717) is 22.6 Å². The average Bonchev–Trinajstić information content (AvgIpc) is 3.27. The monoisotopic (exact) mass is 489 g/mol. The fraction of sp³-hybridized carbons (Fsp3) is 0.222. The Kier molecular flexibility index (Phi) is 5.63. The van der Waals surface area contributed by atoms with Gasteiger partial charge in [0.1, 0.15) is 12.4 Å². The molecule has 0 saturated carbocycles. The smallest absolute Gasteiger partial charge is 0.269 e. The van der Waals surface area contributed by atoms with Gasteiger partial charge in [-0.05, 0) is 62.7 Å². The van der Waals surface area contributed by atoms with Gasteiger partial charge in [-0.1, -0.05) is 35.4 Å². The summed E-state index contributed by atoms with van der Waals surface area (Å²) in [6.07, 6.45) is 0. The molecule has 178 valence electrons. The third kappa shape index (κ3) is 3.78. The van der Waals surface area contributed by atoms with Gasteiger partial charge in [0.15, 0.2) is 0 Å². The van der Waals surface area contributed by atoms with Crippen molar-refractivity contribution in [1.82, 2.24) is 0 Å². The van der Waals surface area contributed by atoms with E-state index in [1.54, 1.807) is 0 Å². The van der Waals surface area contributed by atoms with Gasteiger partial charge in [-0.3, -0.25) is 24.2 Å². The number of nitrogens with one attached hydrogen (secondary N) is 1. The number of anilines is 3. The molecular weight excluding hydrogens is 465 g/mol. The number of carbonyl (C=O) groups excluding carboxylic acids is 3. The Hall–Kier alpha value is -3.65. The summed E-state index contributed by atoms with van der Waals surface area (Å²) in [7, 11) is 0. The van der Waals surface area contributed by atoms with E-state index in [-0.39, 0.29) is 30.0 Å². The minimum atomic E-state index is -1.35. The number of halogens is 1. The van der Waals surface area contributed by atoms with Crippen LogP contribution in [0.1, 0.15) is 22.3 Å². The zero-order chi connectivity index (χ0) is 24.9.